The molecule has 15 heavy (non-hydrogen) atoms. The number of hydrogen-bond donors (Lipinski definition) is 1. The minimum absolute atomic E-state index is 0.502. The van der Waals surface area contributed by atoms with Gasteiger partial charge in [-0.1, -0.05) is 30.4 Å². The molecule has 0 radical (unpaired) electrons. The minimum Gasteiger partial charge on any atom is -0.283 e. The van der Waals surface area contributed by atoms with Gasteiger partial charge in [-0.3, -0.25) is 5.01 Å². The van der Waals surface area contributed by atoms with Crippen molar-refractivity contribution in [2.45, 2.75) is 12.8 Å². The van der Waals surface area contributed by atoms with Crippen LogP contribution in [0.25, 0.3) is 0 Å². The van der Waals surface area contributed by atoms with E-state index in [1.165, 1.54) is 17.0 Å². The lowest BCUT2D eigenvalue weighted by molar-refractivity contribution is 0.450. The third-order valence-electron chi connectivity index (χ3n) is 3.26. The molecule has 1 atom stereocenters. The highest BCUT2D eigenvalue weighted by atomic mass is 15.4. The zero-order chi connectivity index (χ0) is 10.3. The van der Waals surface area contributed by atoms with Gasteiger partial charge in [0.2, 0.25) is 0 Å². The van der Waals surface area contributed by atoms with Crippen LogP contribution >= 0.6 is 0 Å². The van der Waals surface area contributed by atoms with Crippen molar-refractivity contribution in [1.29, 1.82) is 0 Å². The first-order valence-electron chi connectivity index (χ1n) is 5.36. The smallest absolute Gasteiger partial charge is 0.0573 e. The van der Waals surface area contributed by atoms with Crippen LogP contribution in [0.3, 0.4) is 0 Å². The van der Waals surface area contributed by atoms with Crippen LogP contribution in [0.2, 0.25) is 0 Å². The second-order valence-corrected chi connectivity index (χ2v) is 4.08. The quantitative estimate of drug-likeness (QED) is 0.606. The number of allylic oxidation sites excluding steroid dienone is 8. The number of rotatable bonds is 0. The zero-order valence-electron chi connectivity index (χ0n) is 8.56. The molecule has 2 N–H and O–H groups in total. The summed E-state index contributed by atoms with van der Waals surface area (Å²) in [6.07, 6.45) is 17.0. The fourth-order valence-corrected chi connectivity index (χ4v) is 2.51. The third kappa shape index (κ3) is 1.22. The molecule has 0 saturated heterocycles. The Balaban J connectivity index is 2.08. The number of fused-ring (bicyclic) bond motifs is 2. The lowest BCUT2D eigenvalue weighted by Crippen LogP contribution is -2.27. The van der Waals surface area contributed by atoms with Gasteiger partial charge in [0.25, 0.3) is 0 Å². The van der Waals surface area contributed by atoms with E-state index in [0.29, 0.717) is 5.92 Å². The maximum absolute atomic E-state index is 6.11. The predicted molar refractivity (Wildman–Crippen MR) is 61.3 cm³/mol. The summed E-state index contributed by atoms with van der Waals surface area (Å²) in [7, 11) is 0. The van der Waals surface area contributed by atoms with Crippen LogP contribution in [-0.2, 0) is 0 Å². The van der Waals surface area contributed by atoms with Crippen LogP contribution in [0.4, 0.5) is 0 Å². The summed E-state index contributed by atoms with van der Waals surface area (Å²) in [6, 6.07) is 0. The maximum Gasteiger partial charge on any atom is 0.0573 e. The second-order valence-electron chi connectivity index (χ2n) is 4.08. The van der Waals surface area contributed by atoms with E-state index in [1.807, 2.05) is 5.01 Å². The third-order valence-corrected chi connectivity index (χ3v) is 3.26. The fraction of sp³-hybridized carbons (Fsp3) is 0.231. The molecule has 2 heteroatoms. The molecule has 0 saturated carbocycles. The molecule has 1 aliphatic heterocycles. The van der Waals surface area contributed by atoms with Crippen molar-refractivity contribution in [3.63, 3.8) is 0 Å². The molecule has 0 bridgehead atoms. The fourth-order valence-electron chi connectivity index (χ4n) is 2.51. The van der Waals surface area contributed by atoms with E-state index >= 15 is 0 Å². The van der Waals surface area contributed by atoms with E-state index in [0.717, 1.165) is 12.8 Å². The van der Waals surface area contributed by atoms with Gasteiger partial charge < -0.3 is 0 Å². The molecule has 0 aromatic rings. The van der Waals surface area contributed by atoms with Gasteiger partial charge in [-0.15, -0.1) is 0 Å². The highest BCUT2D eigenvalue weighted by Gasteiger charge is 2.33. The van der Waals surface area contributed by atoms with Crippen molar-refractivity contribution in [1.82, 2.24) is 5.01 Å². The maximum atomic E-state index is 6.11. The van der Waals surface area contributed by atoms with Gasteiger partial charge in [-0.05, 0) is 30.6 Å². The Kier molecular flexibility index (Phi) is 1.89. The van der Waals surface area contributed by atoms with Crippen LogP contribution in [0.15, 0.2) is 59.5 Å². The van der Waals surface area contributed by atoms with Crippen LogP contribution in [0.5, 0.6) is 0 Å². The first-order chi connectivity index (χ1) is 7.38. The average molecular weight is 198 g/mol. The molecule has 0 amide bonds. The molecule has 0 fully saturated rings. The summed E-state index contributed by atoms with van der Waals surface area (Å²) in [5, 5.41) is 1.84. The summed E-state index contributed by atoms with van der Waals surface area (Å²) in [5.41, 5.74) is 3.88. The van der Waals surface area contributed by atoms with Crippen LogP contribution in [-0.4, -0.2) is 5.01 Å². The molecule has 0 aromatic carbocycles. The Morgan fingerprint density at radius 3 is 3.07 bits per heavy atom. The summed E-state index contributed by atoms with van der Waals surface area (Å²) < 4.78 is 0. The monoisotopic (exact) mass is 198 g/mol. The Morgan fingerprint density at radius 2 is 2.13 bits per heavy atom. The van der Waals surface area contributed by atoms with Crippen LogP contribution < -0.4 is 5.84 Å². The van der Waals surface area contributed by atoms with Gasteiger partial charge in [0, 0.05) is 11.6 Å². The molecule has 2 aliphatic carbocycles. The molecule has 0 spiro atoms. The van der Waals surface area contributed by atoms with E-state index in [4.69, 9.17) is 5.84 Å². The van der Waals surface area contributed by atoms with Crippen LogP contribution in [0, 0.1) is 5.92 Å². The van der Waals surface area contributed by atoms with Gasteiger partial charge in [0.15, 0.2) is 0 Å². The molecule has 3 rings (SSSR count). The number of nitrogens with zero attached hydrogens (tertiary/aromatic N) is 1. The predicted octanol–water partition coefficient (Wildman–Crippen LogP) is 2.41. The molecular formula is C13H14N2. The highest BCUT2D eigenvalue weighted by Crippen LogP contribution is 2.41. The molecule has 76 valence electrons. The molecule has 1 unspecified atom stereocenters. The first kappa shape index (κ1) is 8.74. The molecular weight excluding hydrogens is 184 g/mol. The van der Waals surface area contributed by atoms with Gasteiger partial charge in [0.1, 0.15) is 0 Å². The summed E-state index contributed by atoms with van der Waals surface area (Å²) in [5.74, 6) is 6.61. The summed E-state index contributed by atoms with van der Waals surface area (Å²) in [4.78, 5) is 0. The van der Waals surface area contributed by atoms with Crippen LogP contribution in [0.1, 0.15) is 12.8 Å². The van der Waals surface area contributed by atoms with Crippen molar-refractivity contribution in [2.24, 2.45) is 11.8 Å². The SMILES string of the molecule is NN1C2=CC=CCC2C2=C1C=CC=CC2. The molecule has 2 nitrogen and oxygen atoms in total. The summed E-state index contributed by atoms with van der Waals surface area (Å²) >= 11 is 0. The van der Waals surface area contributed by atoms with Crippen molar-refractivity contribution in [3.8, 4) is 0 Å². The Labute approximate surface area is 89.7 Å². The second kappa shape index (κ2) is 3.24. The van der Waals surface area contributed by atoms with E-state index in [2.05, 4.69) is 42.5 Å². The largest absolute Gasteiger partial charge is 0.283 e. The zero-order valence-corrected chi connectivity index (χ0v) is 8.56. The highest BCUT2D eigenvalue weighted by molar-refractivity contribution is 5.45. The van der Waals surface area contributed by atoms with Gasteiger partial charge in [0.05, 0.1) is 5.70 Å². The first-order valence-corrected chi connectivity index (χ1v) is 5.36. The van der Waals surface area contributed by atoms with Gasteiger partial charge in [-0.2, -0.15) is 0 Å². The number of hydrazine groups is 1. The number of hydrogen-bond acceptors (Lipinski definition) is 2. The van der Waals surface area contributed by atoms with E-state index in [9.17, 15) is 0 Å². The summed E-state index contributed by atoms with van der Waals surface area (Å²) in [6.45, 7) is 0. The number of nitrogens with two attached hydrogens (primary N) is 1. The van der Waals surface area contributed by atoms with Crippen molar-refractivity contribution < 1.29 is 0 Å². The van der Waals surface area contributed by atoms with Crippen molar-refractivity contribution >= 4 is 0 Å². The van der Waals surface area contributed by atoms with E-state index in [1.54, 1.807) is 0 Å². The van der Waals surface area contributed by atoms with Gasteiger partial charge >= 0.3 is 0 Å². The van der Waals surface area contributed by atoms with Crippen molar-refractivity contribution in [3.05, 3.63) is 59.5 Å². The molecule has 0 aromatic heterocycles. The van der Waals surface area contributed by atoms with E-state index in [-0.39, 0.29) is 0 Å². The topological polar surface area (TPSA) is 29.3 Å². The Morgan fingerprint density at radius 1 is 1.20 bits per heavy atom. The Hall–Kier alpha value is -1.54. The lowest BCUT2D eigenvalue weighted by Gasteiger charge is -2.20. The van der Waals surface area contributed by atoms with Gasteiger partial charge in [-0.25, -0.2) is 5.84 Å². The minimum atomic E-state index is 0.502. The Bertz CT molecular complexity index is 435. The normalized spacial score (nSPS) is 27.7. The van der Waals surface area contributed by atoms with Crippen molar-refractivity contribution in [2.75, 3.05) is 0 Å². The standard InChI is InChI=1S/C13H14N2/c14-15-12-8-3-1-2-6-10(12)11-7-4-5-9-13(11)15/h1-5,8-9,11H,6-7,14H2. The molecule has 1 heterocycles. The molecule has 3 aliphatic rings. The average Bonchev–Trinajstić information content (AvgIpc) is 2.48. The lowest BCUT2D eigenvalue weighted by atomic mass is 9.89. The van der Waals surface area contributed by atoms with E-state index < -0.39 is 0 Å².